The maximum absolute atomic E-state index is 5.50. The second kappa shape index (κ2) is 6.96. The van der Waals surface area contributed by atoms with Crippen LogP contribution in [0.4, 0.5) is 0 Å². The summed E-state index contributed by atoms with van der Waals surface area (Å²) in [5.41, 5.74) is 0. The van der Waals surface area contributed by atoms with Crippen molar-refractivity contribution in [2.24, 2.45) is 5.92 Å². The van der Waals surface area contributed by atoms with Gasteiger partial charge in [-0.1, -0.05) is 25.8 Å². The van der Waals surface area contributed by atoms with E-state index in [9.17, 15) is 0 Å². The van der Waals surface area contributed by atoms with Crippen molar-refractivity contribution < 1.29 is 9.47 Å². The normalized spacial score (nSPS) is 18.5. The summed E-state index contributed by atoms with van der Waals surface area (Å²) in [4.78, 5) is 0. The largest absolute Gasteiger partial charge is 0.499 e. The Bertz CT molecular complexity index is 128. The van der Waals surface area contributed by atoms with Crippen LogP contribution in [0.15, 0.2) is 12.8 Å². The molecule has 1 rings (SSSR count). The van der Waals surface area contributed by atoms with E-state index in [1.54, 1.807) is 0 Å². The zero-order valence-electron chi connectivity index (χ0n) is 8.34. The van der Waals surface area contributed by atoms with Crippen molar-refractivity contribution in [3.8, 4) is 0 Å². The lowest BCUT2D eigenvalue weighted by Gasteiger charge is -2.21. The average Bonchev–Trinajstić information content (AvgIpc) is 2.19. The van der Waals surface area contributed by atoms with Gasteiger partial charge in [0.05, 0.1) is 12.9 Å². The first kappa shape index (κ1) is 10.6. The predicted octanol–water partition coefficient (Wildman–Crippen LogP) is 2.74. The summed E-state index contributed by atoms with van der Waals surface area (Å²) in [6.07, 6.45) is 8.35. The summed E-state index contributed by atoms with van der Waals surface area (Å²) in [5.74, 6) is 0.803. The molecule has 2 nitrogen and oxygen atoms in total. The van der Waals surface area contributed by atoms with Crippen molar-refractivity contribution in [2.75, 3.05) is 19.8 Å². The number of hydrogen-bond acceptors (Lipinski definition) is 2. The second-order valence-electron chi connectivity index (χ2n) is 3.62. The zero-order valence-corrected chi connectivity index (χ0v) is 8.34. The molecule has 0 unspecified atom stereocenters. The van der Waals surface area contributed by atoms with Crippen LogP contribution in [0.1, 0.15) is 32.1 Å². The minimum Gasteiger partial charge on any atom is -0.499 e. The van der Waals surface area contributed by atoms with Crippen molar-refractivity contribution in [2.45, 2.75) is 32.1 Å². The van der Waals surface area contributed by atoms with E-state index in [4.69, 9.17) is 9.47 Å². The van der Waals surface area contributed by atoms with Gasteiger partial charge in [-0.2, -0.15) is 0 Å². The Hall–Kier alpha value is -0.500. The van der Waals surface area contributed by atoms with E-state index in [0.717, 1.165) is 12.5 Å². The van der Waals surface area contributed by atoms with E-state index in [1.165, 1.54) is 38.4 Å². The molecule has 0 aliphatic heterocycles. The second-order valence-corrected chi connectivity index (χ2v) is 3.62. The Morgan fingerprint density at radius 3 is 2.62 bits per heavy atom. The molecule has 2 heteroatoms. The standard InChI is InChI=1S/C11H20O2/c1-2-12-8-9-13-10-11-6-4-3-5-7-11/h2,11H,1,3-10H2. The predicted molar refractivity (Wildman–Crippen MR) is 53.5 cm³/mol. The van der Waals surface area contributed by atoms with Gasteiger partial charge < -0.3 is 9.47 Å². The maximum atomic E-state index is 5.50. The Morgan fingerprint density at radius 2 is 1.92 bits per heavy atom. The smallest absolute Gasteiger partial charge is 0.111 e. The molecular formula is C11H20O2. The molecule has 0 aromatic heterocycles. The third-order valence-corrected chi connectivity index (χ3v) is 2.54. The van der Waals surface area contributed by atoms with Gasteiger partial charge in [0.25, 0.3) is 0 Å². The van der Waals surface area contributed by atoms with Crippen molar-refractivity contribution >= 4 is 0 Å². The molecule has 0 spiro atoms. The molecule has 13 heavy (non-hydrogen) atoms. The molecule has 76 valence electrons. The van der Waals surface area contributed by atoms with Crippen molar-refractivity contribution in [3.63, 3.8) is 0 Å². The van der Waals surface area contributed by atoms with Crippen LogP contribution in [0, 0.1) is 5.92 Å². The quantitative estimate of drug-likeness (QED) is 0.467. The molecule has 1 aliphatic carbocycles. The first-order valence-corrected chi connectivity index (χ1v) is 5.23. The van der Waals surface area contributed by atoms with Crippen LogP contribution >= 0.6 is 0 Å². The van der Waals surface area contributed by atoms with Crippen LogP contribution in [0.3, 0.4) is 0 Å². The molecule has 0 bridgehead atoms. The molecular weight excluding hydrogens is 164 g/mol. The van der Waals surface area contributed by atoms with Gasteiger partial charge in [-0.05, 0) is 18.8 Å². The molecule has 0 N–H and O–H groups in total. The summed E-state index contributed by atoms with van der Waals surface area (Å²) in [6.45, 7) is 5.72. The van der Waals surface area contributed by atoms with E-state index in [1.807, 2.05) is 0 Å². The lowest BCUT2D eigenvalue weighted by molar-refractivity contribution is 0.0536. The fourth-order valence-electron chi connectivity index (χ4n) is 1.79. The molecule has 0 heterocycles. The Balaban J connectivity index is 1.89. The highest BCUT2D eigenvalue weighted by molar-refractivity contribution is 4.64. The summed E-state index contributed by atoms with van der Waals surface area (Å²) < 4.78 is 10.5. The fraction of sp³-hybridized carbons (Fsp3) is 0.818. The Labute approximate surface area is 80.9 Å². The molecule has 1 aliphatic rings. The van der Waals surface area contributed by atoms with Crippen molar-refractivity contribution in [1.82, 2.24) is 0 Å². The van der Waals surface area contributed by atoms with Crippen LogP contribution in [-0.4, -0.2) is 19.8 Å². The van der Waals surface area contributed by atoms with E-state index >= 15 is 0 Å². The Morgan fingerprint density at radius 1 is 1.15 bits per heavy atom. The number of rotatable bonds is 6. The average molecular weight is 184 g/mol. The van der Waals surface area contributed by atoms with Gasteiger partial charge in [0, 0.05) is 6.61 Å². The summed E-state index contributed by atoms with van der Waals surface area (Å²) in [6, 6.07) is 0. The van der Waals surface area contributed by atoms with Crippen LogP contribution in [0.2, 0.25) is 0 Å². The first-order chi connectivity index (χ1) is 6.43. The van der Waals surface area contributed by atoms with Gasteiger partial charge in [0.15, 0.2) is 0 Å². The van der Waals surface area contributed by atoms with Gasteiger partial charge in [0.1, 0.15) is 6.61 Å². The highest BCUT2D eigenvalue weighted by Gasteiger charge is 2.12. The van der Waals surface area contributed by atoms with Crippen LogP contribution in [0.5, 0.6) is 0 Å². The maximum Gasteiger partial charge on any atom is 0.111 e. The van der Waals surface area contributed by atoms with Crippen molar-refractivity contribution in [3.05, 3.63) is 12.8 Å². The topological polar surface area (TPSA) is 18.5 Å². The highest BCUT2D eigenvalue weighted by Crippen LogP contribution is 2.23. The van der Waals surface area contributed by atoms with Gasteiger partial charge in [-0.25, -0.2) is 0 Å². The summed E-state index contributed by atoms with van der Waals surface area (Å²) in [7, 11) is 0. The molecule has 1 fully saturated rings. The van der Waals surface area contributed by atoms with E-state index in [-0.39, 0.29) is 0 Å². The van der Waals surface area contributed by atoms with Gasteiger partial charge in [-0.3, -0.25) is 0 Å². The van der Waals surface area contributed by atoms with E-state index in [2.05, 4.69) is 6.58 Å². The molecule has 1 saturated carbocycles. The Kier molecular flexibility index (Phi) is 5.66. The van der Waals surface area contributed by atoms with E-state index in [0.29, 0.717) is 13.2 Å². The third kappa shape index (κ3) is 4.94. The molecule has 0 radical (unpaired) electrons. The lowest BCUT2D eigenvalue weighted by Crippen LogP contribution is -2.15. The monoisotopic (exact) mass is 184 g/mol. The zero-order chi connectivity index (χ0) is 9.36. The third-order valence-electron chi connectivity index (χ3n) is 2.54. The minimum absolute atomic E-state index is 0.635. The van der Waals surface area contributed by atoms with Crippen LogP contribution < -0.4 is 0 Å². The highest BCUT2D eigenvalue weighted by atomic mass is 16.5. The number of hydrogen-bond donors (Lipinski definition) is 0. The van der Waals surface area contributed by atoms with E-state index < -0.39 is 0 Å². The van der Waals surface area contributed by atoms with Crippen molar-refractivity contribution in [1.29, 1.82) is 0 Å². The molecule has 0 atom stereocenters. The molecule has 0 saturated heterocycles. The van der Waals surface area contributed by atoms with Crippen LogP contribution in [-0.2, 0) is 9.47 Å². The molecule has 0 aromatic rings. The van der Waals surface area contributed by atoms with Gasteiger partial charge in [0.2, 0.25) is 0 Å². The molecule has 0 amide bonds. The number of ether oxygens (including phenoxy) is 2. The summed E-state index contributed by atoms with van der Waals surface area (Å²) in [5, 5.41) is 0. The fourth-order valence-corrected chi connectivity index (χ4v) is 1.79. The molecule has 0 aromatic carbocycles. The first-order valence-electron chi connectivity index (χ1n) is 5.23. The SMILES string of the molecule is C=COCCOCC1CCCCC1. The lowest BCUT2D eigenvalue weighted by atomic mass is 9.90. The minimum atomic E-state index is 0.635. The van der Waals surface area contributed by atoms with Crippen LogP contribution in [0.25, 0.3) is 0 Å². The van der Waals surface area contributed by atoms with Gasteiger partial charge in [-0.15, -0.1) is 0 Å². The van der Waals surface area contributed by atoms with Gasteiger partial charge >= 0.3 is 0 Å². The summed E-state index contributed by atoms with van der Waals surface area (Å²) >= 11 is 0.